The molecule has 134 valence electrons. The van der Waals surface area contributed by atoms with Crippen molar-refractivity contribution in [3.8, 4) is 0 Å². The predicted molar refractivity (Wildman–Crippen MR) is 109 cm³/mol. The Morgan fingerprint density at radius 1 is 1.27 bits per heavy atom. The minimum atomic E-state index is -0.0182. The maximum atomic E-state index is 12.4. The van der Waals surface area contributed by atoms with Crippen molar-refractivity contribution < 1.29 is 4.79 Å². The van der Waals surface area contributed by atoms with Crippen molar-refractivity contribution in [2.75, 3.05) is 29.1 Å². The number of nitrogens with zero attached hydrogens (tertiary/aromatic N) is 3. The first-order chi connectivity index (χ1) is 12.7. The Balaban J connectivity index is 1.39. The molecule has 1 aromatic carbocycles. The maximum absolute atomic E-state index is 12.4. The summed E-state index contributed by atoms with van der Waals surface area (Å²) in [6, 6.07) is 8.24. The molecule has 4 rings (SSSR count). The van der Waals surface area contributed by atoms with Crippen LogP contribution in [0.2, 0.25) is 0 Å². The van der Waals surface area contributed by atoms with Gasteiger partial charge in [-0.1, -0.05) is 11.8 Å². The smallest absolute Gasteiger partial charge is 0.234 e. The summed E-state index contributed by atoms with van der Waals surface area (Å²) >= 11 is 3.05. The van der Waals surface area contributed by atoms with Crippen LogP contribution in [0.3, 0.4) is 0 Å². The van der Waals surface area contributed by atoms with Gasteiger partial charge in [0, 0.05) is 24.5 Å². The van der Waals surface area contributed by atoms with Crippen molar-refractivity contribution >= 4 is 50.6 Å². The lowest BCUT2D eigenvalue weighted by atomic mass is 10.1. The third-order valence-corrected chi connectivity index (χ3v) is 6.53. The van der Waals surface area contributed by atoms with Crippen molar-refractivity contribution in [1.29, 1.82) is 0 Å². The average molecular weight is 385 g/mol. The molecular weight excluding hydrogens is 364 g/mol. The Kier molecular flexibility index (Phi) is 5.08. The molecule has 0 spiro atoms. The fourth-order valence-corrected chi connectivity index (χ4v) is 4.90. The highest BCUT2D eigenvalue weighted by atomic mass is 32.2. The number of carbonyl (C=O) groups excluding carboxylic acids is 1. The van der Waals surface area contributed by atoms with E-state index in [1.165, 1.54) is 30.3 Å². The summed E-state index contributed by atoms with van der Waals surface area (Å²) in [5.74, 6) is 0.312. The molecule has 3 heterocycles. The van der Waals surface area contributed by atoms with Gasteiger partial charge in [-0.15, -0.1) is 11.3 Å². The van der Waals surface area contributed by atoms with Crippen LogP contribution in [-0.4, -0.2) is 34.7 Å². The second-order valence-corrected chi connectivity index (χ2v) is 8.22. The van der Waals surface area contributed by atoms with Crippen molar-refractivity contribution in [2.45, 2.75) is 24.8 Å². The van der Waals surface area contributed by atoms with E-state index in [1.807, 2.05) is 24.4 Å². The molecule has 5 nitrogen and oxygen atoms in total. The highest BCUT2D eigenvalue weighted by Gasteiger charge is 2.14. The molecule has 26 heavy (non-hydrogen) atoms. The lowest BCUT2D eigenvalue weighted by Gasteiger charge is -2.19. The molecule has 0 aliphatic carbocycles. The number of amides is 1. The van der Waals surface area contributed by atoms with Crippen LogP contribution in [0.4, 0.5) is 11.4 Å². The zero-order chi connectivity index (χ0) is 17.9. The first-order valence-corrected chi connectivity index (χ1v) is 10.5. The SMILES string of the molecule is Cc1cc(N2CCCC2)ccc1NC(=O)CSc1ncnc2ccsc12. The minimum absolute atomic E-state index is 0.0182. The maximum Gasteiger partial charge on any atom is 0.234 e. The van der Waals surface area contributed by atoms with Crippen molar-refractivity contribution in [3.63, 3.8) is 0 Å². The fourth-order valence-electron chi connectivity index (χ4n) is 3.15. The monoisotopic (exact) mass is 384 g/mol. The molecular formula is C19H20N4OS2. The molecule has 0 bridgehead atoms. The first-order valence-electron chi connectivity index (χ1n) is 8.67. The molecule has 2 aromatic heterocycles. The molecule has 0 atom stereocenters. The number of anilines is 2. The molecule has 7 heteroatoms. The summed E-state index contributed by atoms with van der Waals surface area (Å²) in [6.07, 6.45) is 4.07. The van der Waals surface area contributed by atoms with Gasteiger partial charge in [-0.05, 0) is 55.0 Å². The number of hydrogen-bond acceptors (Lipinski definition) is 6. The minimum Gasteiger partial charge on any atom is -0.372 e. The van der Waals surface area contributed by atoms with Crippen molar-refractivity contribution in [2.24, 2.45) is 0 Å². The van der Waals surface area contributed by atoms with Crippen LogP contribution in [0.15, 0.2) is 41.0 Å². The molecule has 3 aromatic rings. The largest absolute Gasteiger partial charge is 0.372 e. The van der Waals surface area contributed by atoms with E-state index in [9.17, 15) is 4.79 Å². The molecule has 1 amide bonds. The van der Waals surface area contributed by atoms with Crippen LogP contribution < -0.4 is 10.2 Å². The van der Waals surface area contributed by atoms with E-state index in [1.54, 1.807) is 17.7 Å². The first kappa shape index (κ1) is 17.3. The Morgan fingerprint density at radius 2 is 2.12 bits per heavy atom. The Bertz CT molecular complexity index is 934. The molecule has 1 fully saturated rings. The van der Waals surface area contributed by atoms with Gasteiger partial charge in [0.1, 0.15) is 11.4 Å². The number of aromatic nitrogens is 2. The van der Waals surface area contributed by atoms with E-state index in [0.717, 1.165) is 39.6 Å². The van der Waals surface area contributed by atoms with Gasteiger partial charge in [-0.25, -0.2) is 9.97 Å². The van der Waals surface area contributed by atoms with Crippen molar-refractivity contribution in [3.05, 3.63) is 41.5 Å². The lowest BCUT2D eigenvalue weighted by molar-refractivity contribution is -0.113. The van der Waals surface area contributed by atoms with Crippen LogP contribution in [-0.2, 0) is 4.79 Å². The van der Waals surface area contributed by atoms with E-state index in [4.69, 9.17) is 0 Å². The summed E-state index contributed by atoms with van der Waals surface area (Å²) in [4.78, 5) is 23.3. The van der Waals surface area contributed by atoms with Gasteiger partial charge >= 0.3 is 0 Å². The van der Waals surface area contributed by atoms with Crippen LogP contribution in [0, 0.1) is 6.92 Å². The van der Waals surface area contributed by atoms with Crippen molar-refractivity contribution in [1.82, 2.24) is 9.97 Å². The summed E-state index contributed by atoms with van der Waals surface area (Å²) < 4.78 is 1.04. The second kappa shape index (κ2) is 7.63. The second-order valence-electron chi connectivity index (χ2n) is 6.34. The Labute approximate surface area is 160 Å². The Morgan fingerprint density at radius 3 is 2.92 bits per heavy atom. The quantitative estimate of drug-likeness (QED) is 0.524. The van der Waals surface area contributed by atoms with Crippen LogP contribution in [0.25, 0.3) is 10.2 Å². The van der Waals surface area contributed by atoms with E-state index >= 15 is 0 Å². The normalized spacial score (nSPS) is 14.1. The summed E-state index contributed by atoms with van der Waals surface area (Å²) in [6.45, 7) is 4.29. The van der Waals surface area contributed by atoms with E-state index in [-0.39, 0.29) is 5.91 Å². The standard InChI is InChI=1S/C19H20N4OS2/c1-13-10-14(23-7-2-3-8-23)4-5-15(13)22-17(24)11-26-19-18-16(6-9-25-18)20-12-21-19/h4-6,9-10,12H,2-3,7-8,11H2,1H3,(H,22,24). The molecule has 0 unspecified atom stereocenters. The van der Waals surface area contributed by atoms with Gasteiger partial charge in [0.15, 0.2) is 0 Å². The number of benzene rings is 1. The zero-order valence-corrected chi connectivity index (χ0v) is 16.2. The molecule has 1 saturated heterocycles. The van der Waals surface area contributed by atoms with Crippen LogP contribution in [0.5, 0.6) is 0 Å². The van der Waals surface area contributed by atoms with Gasteiger partial charge in [-0.3, -0.25) is 4.79 Å². The average Bonchev–Trinajstić information content (AvgIpc) is 3.33. The van der Waals surface area contributed by atoms with Gasteiger partial charge in [0.25, 0.3) is 0 Å². The number of rotatable bonds is 5. The topological polar surface area (TPSA) is 58.1 Å². The van der Waals surface area contributed by atoms with Gasteiger partial charge < -0.3 is 10.2 Å². The van der Waals surface area contributed by atoms with Gasteiger partial charge in [-0.2, -0.15) is 0 Å². The van der Waals surface area contributed by atoms with Crippen LogP contribution >= 0.6 is 23.1 Å². The third kappa shape index (κ3) is 3.68. The van der Waals surface area contributed by atoms with E-state index in [0.29, 0.717) is 5.75 Å². The zero-order valence-electron chi connectivity index (χ0n) is 14.6. The highest BCUT2D eigenvalue weighted by Crippen LogP contribution is 2.29. The number of fused-ring (bicyclic) bond motifs is 1. The molecule has 0 saturated carbocycles. The number of thiophene rings is 1. The number of thioether (sulfide) groups is 1. The molecule has 1 aliphatic rings. The fraction of sp³-hybridized carbons (Fsp3) is 0.316. The number of aryl methyl sites for hydroxylation is 1. The summed E-state index contributed by atoms with van der Waals surface area (Å²) in [7, 11) is 0. The predicted octanol–water partition coefficient (Wildman–Crippen LogP) is 4.33. The molecule has 1 N–H and O–H groups in total. The molecule has 0 radical (unpaired) electrons. The van der Waals surface area contributed by atoms with Gasteiger partial charge in [0.05, 0.1) is 16.0 Å². The number of hydrogen-bond donors (Lipinski definition) is 1. The summed E-state index contributed by atoms with van der Waals surface area (Å²) in [5, 5.41) is 5.88. The Hall–Kier alpha value is -2.12. The van der Waals surface area contributed by atoms with Gasteiger partial charge in [0.2, 0.25) is 5.91 Å². The molecule has 1 aliphatic heterocycles. The lowest BCUT2D eigenvalue weighted by Crippen LogP contribution is -2.18. The van der Waals surface area contributed by atoms with Crippen LogP contribution in [0.1, 0.15) is 18.4 Å². The number of nitrogens with one attached hydrogen (secondary N) is 1. The van der Waals surface area contributed by atoms with E-state index < -0.39 is 0 Å². The van der Waals surface area contributed by atoms with E-state index in [2.05, 4.69) is 32.3 Å². The number of carbonyl (C=O) groups is 1. The highest BCUT2D eigenvalue weighted by molar-refractivity contribution is 8.00. The third-order valence-electron chi connectivity index (χ3n) is 4.51. The summed E-state index contributed by atoms with van der Waals surface area (Å²) in [5.41, 5.74) is 4.15.